The number of anilines is 1. The number of halogens is 1. The Morgan fingerprint density at radius 1 is 1.26 bits per heavy atom. The number of fused-ring (bicyclic) bond motifs is 1. The van der Waals surface area contributed by atoms with Gasteiger partial charge in [-0.05, 0) is 31.5 Å². The van der Waals surface area contributed by atoms with Crippen molar-refractivity contribution in [3.05, 3.63) is 62.7 Å². The first-order chi connectivity index (χ1) is 16.5. The fourth-order valence-corrected chi connectivity index (χ4v) is 4.67. The maximum atomic E-state index is 15.2. The van der Waals surface area contributed by atoms with E-state index in [0.29, 0.717) is 24.1 Å². The lowest BCUT2D eigenvalue weighted by Crippen LogP contribution is -2.45. The molecule has 0 aliphatic carbocycles. The molecule has 2 aromatic heterocycles. The van der Waals surface area contributed by atoms with Crippen LogP contribution in [0.3, 0.4) is 0 Å². The third-order valence-corrected chi connectivity index (χ3v) is 7.00. The molecule has 1 amide bonds. The minimum Gasteiger partial charge on any atom is -0.410 e. The Balaban J connectivity index is 1.71. The van der Waals surface area contributed by atoms with Gasteiger partial charge in [0.15, 0.2) is 11.6 Å². The van der Waals surface area contributed by atoms with Crippen LogP contribution in [0.4, 0.5) is 15.0 Å². The average Bonchev–Trinajstić information content (AvgIpc) is 2.73. The highest BCUT2D eigenvalue weighted by Gasteiger charge is 2.30. The molecule has 0 radical (unpaired) electrons. The Labute approximate surface area is 198 Å². The van der Waals surface area contributed by atoms with Crippen LogP contribution in [0.15, 0.2) is 44.5 Å². The first kappa shape index (κ1) is 24.3. The number of pyridine rings is 1. The van der Waals surface area contributed by atoms with Gasteiger partial charge in [-0.3, -0.25) is 9.52 Å². The van der Waals surface area contributed by atoms with Crippen molar-refractivity contribution in [3.8, 4) is 5.75 Å². The summed E-state index contributed by atoms with van der Waals surface area (Å²) in [5, 5.41) is -0.00530. The maximum Gasteiger partial charge on any atom is 0.422 e. The standard InChI is InChI=1S/C21H22FN5O7S/c1-12(14-7-8-23-18(17(14)22)24-35(31,32)26-9-4-10-26)27-19(28)15-6-5-13(33-20(29)25(2)3)11-16(15)34-21(27)30/h5-8,11-12H,4,9-10H2,1-3H3,(H,23,24)/t12-/m0/s1. The first-order valence-electron chi connectivity index (χ1n) is 10.5. The van der Waals surface area contributed by atoms with Crippen LogP contribution < -0.4 is 20.8 Å². The van der Waals surface area contributed by atoms with Gasteiger partial charge in [-0.1, -0.05) is 0 Å². The molecule has 1 aromatic carbocycles. The topological polar surface area (TPSA) is 144 Å². The number of nitrogens with zero attached hydrogens (tertiary/aromatic N) is 4. The molecule has 0 saturated carbocycles. The number of amides is 1. The van der Waals surface area contributed by atoms with Gasteiger partial charge in [0.25, 0.3) is 5.56 Å². The van der Waals surface area contributed by atoms with Gasteiger partial charge in [-0.2, -0.15) is 12.7 Å². The van der Waals surface area contributed by atoms with Crippen molar-refractivity contribution in [2.24, 2.45) is 0 Å². The minimum absolute atomic E-state index is 0.00530. The summed E-state index contributed by atoms with van der Waals surface area (Å²) in [7, 11) is -0.998. The number of ether oxygens (including phenoxy) is 1. The Kier molecular flexibility index (Phi) is 6.34. The summed E-state index contributed by atoms with van der Waals surface area (Å²) in [5.41, 5.74) is -1.04. The van der Waals surface area contributed by atoms with E-state index in [1.54, 1.807) is 0 Å². The average molecular weight is 508 g/mol. The molecular formula is C21H22FN5O7S. The summed E-state index contributed by atoms with van der Waals surface area (Å²) in [6.07, 6.45) is 1.21. The second-order valence-corrected chi connectivity index (χ2v) is 9.73. The zero-order valence-electron chi connectivity index (χ0n) is 19.0. The molecule has 0 unspecified atom stereocenters. The van der Waals surface area contributed by atoms with Gasteiger partial charge in [-0.15, -0.1) is 0 Å². The fraction of sp³-hybridized carbons (Fsp3) is 0.333. The van der Waals surface area contributed by atoms with E-state index in [-0.39, 0.29) is 22.3 Å². The van der Waals surface area contributed by atoms with Crippen molar-refractivity contribution in [1.29, 1.82) is 0 Å². The number of benzene rings is 1. The molecule has 1 aliphatic heterocycles. The zero-order valence-corrected chi connectivity index (χ0v) is 19.8. The molecule has 186 valence electrons. The second-order valence-electron chi connectivity index (χ2n) is 8.06. The van der Waals surface area contributed by atoms with Gasteiger partial charge in [0.2, 0.25) is 0 Å². The number of rotatable bonds is 6. The molecule has 0 spiro atoms. The van der Waals surface area contributed by atoms with E-state index in [9.17, 15) is 22.8 Å². The molecule has 0 bridgehead atoms. The predicted octanol–water partition coefficient (Wildman–Crippen LogP) is 1.52. The molecule has 1 saturated heterocycles. The van der Waals surface area contributed by atoms with Crippen molar-refractivity contribution in [1.82, 2.24) is 18.8 Å². The van der Waals surface area contributed by atoms with Crippen molar-refractivity contribution >= 4 is 33.1 Å². The van der Waals surface area contributed by atoms with Crippen LogP contribution in [0.25, 0.3) is 11.0 Å². The van der Waals surface area contributed by atoms with Crippen molar-refractivity contribution in [3.63, 3.8) is 0 Å². The van der Waals surface area contributed by atoms with Crippen LogP contribution in [0, 0.1) is 5.82 Å². The van der Waals surface area contributed by atoms with E-state index in [1.807, 2.05) is 0 Å². The summed E-state index contributed by atoms with van der Waals surface area (Å²) in [6.45, 7) is 2.02. The highest BCUT2D eigenvalue weighted by Crippen LogP contribution is 2.26. The normalized spacial score (nSPS) is 14.9. The number of nitrogens with one attached hydrogen (secondary N) is 1. The highest BCUT2D eigenvalue weighted by molar-refractivity contribution is 7.90. The predicted molar refractivity (Wildman–Crippen MR) is 123 cm³/mol. The lowest BCUT2D eigenvalue weighted by molar-refractivity contribution is 0.172. The van der Waals surface area contributed by atoms with E-state index in [0.717, 1.165) is 4.31 Å². The van der Waals surface area contributed by atoms with Gasteiger partial charge < -0.3 is 14.1 Å². The number of carbonyl (C=O) groups excluding carboxylic acids is 1. The summed E-state index contributed by atoms with van der Waals surface area (Å²) < 4.78 is 54.2. The van der Waals surface area contributed by atoms with Crippen LogP contribution in [-0.4, -0.2) is 60.5 Å². The Bertz CT molecular complexity index is 1530. The maximum absolute atomic E-state index is 15.2. The molecule has 12 nitrogen and oxygen atoms in total. The molecule has 1 N–H and O–H groups in total. The van der Waals surface area contributed by atoms with E-state index in [1.165, 1.54) is 56.4 Å². The highest BCUT2D eigenvalue weighted by atomic mass is 32.2. The second kappa shape index (κ2) is 9.11. The lowest BCUT2D eigenvalue weighted by Gasteiger charge is -2.29. The Hall–Kier alpha value is -3.78. The number of carbonyl (C=O) groups is 1. The van der Waals surface area contributed by atoms with Gasteiger partial charge in [0, 0.05) is 45.0 Å². The third kappa shape index (κ3) is 4.61. The third-order valence-electron chi connectivity index (χ3n) is 5.50. The van der Waals surface area contributed by atoms with Gasteiger partial charge in [0.05, 0.1) is 11.4 Å². The minimum atomic E-state index is -3.98. The quantitative estimate of drug-likeness (QED) is 0.529. The molecular weight excluding hydrogens is 485 g/mol. The number of aromatic nitrogens is 2. The fourth-order valence-electron chi connectivity index (χ4n) is 3.42. The SMILES string of the molecule is C[C@@H](c1ccnc(NS(=O)(=O)N2CCC2)c1F)n1c(=O)oc2cc(OC(=O)N(C)C)ccc2c1=O. The van der Waals surface area contributed by atoms with Gasteiger partial charge in [-0.25, -0.2) is 23.5 Å². The lowest BCUT2D eigenvalue weighted by atomic mass is 10.1. The molecule has 3 aromatic rings. The Morgan fingerprint density at radius 3 is 2.60 bits per heavy atom. The van der Waals surface area contributed by atoms with E-state index in [2.05, 4.69) is 9.71 Å². The van der Waals surface area contributed by atoms with E-state index in [4.69, 9.17) is 9.15 Å². The summed E-state index contributed by atoms with van der Waals surface area (Å²) in [5.74, 6) is -2.60. The van der Waals surface area contributed by atoms with Crippen molar-refractivity contribution in [2.45, 2.75) is 19.4 Å². The van der Waals surface area contributed by atoms with Crippen LogP contribution >= 0.6 is 0 Å². The van der Waals surface area contributed by atoms with Crippen molar-refractivity contribution in [2.75, 3.05) is 31.9 Å². The van der Waals surface area contributed by atoms with Crippen molar-refractivity contribution < 1.29 is 26.8 Å². The van der Waals surface area contributed by atoms with Crippen LogP contribution in [0.5, 0.6) is 5.75 Å². The van der Waals surface area contributed by atoms with Crippen LogP contribution in [0.2, 0.25) is 0 Å². The van der Waals surface area contributed by atoms with Gasteiger partial charge in [0.1, 0.15) is 11.3 Å². The monoisotopic (exact) mass is 507 g/mol. The van der Waals surface area contributed by atoms with Crippen LogP contribution in [0.1, 0.15) is 24.9 Å². The molecule has 4 rings (SSSR count). The molecule has 1 aliphatic rings. The first-order valence-corrected chi connectivity index (χ1v) is 11.9. The molecule has 3 heterocycles. The van der Waals surface area contributed by atoms with Crippen LogP contribution in [-0.2, 0) is 10.2 Å². The van der Waals surface area contributed by atoms with E-state index >= 15 is 4.39 Å². The Morgan fingerprint density at radius 2 is 1.97 bits per heavy atom. The molecule has 14 heteroatoms. The van der Waals surface area contributed by atoms with Gasteiger partial charge >= 0.3 is 22.1 Å². The summed E-state index contributed by atoms with van der Waals surface area (Å²) >= 11 is 0. The number of hydrogen-bond acceptors (Lipinski definition) is 8. The largest absolute Gasteiger partial charge is 0.422 e. The smallest absolute Gasteiger partial charge is 0.410 e. The number of hydrogen-bond donors (Lipinski definition) is 1. The van der Waals surface area contributed by atoms with E-state index < -0.39 is 45.3 Å². The summed E-state index contributed by atoms with van der Waals surface area (Å²) in [6, 6.07) is 3.98. The zero-order chi connectivity index (χ0) is 25.5. The molecule has 35 heavy (non-hydrogen) atoms. The summed E-state index contributed by atoms with van der Waals surface area (Å²) in [4.78, 5) is 42.5. The molecule has 1 fully saturated rings. The molecule has 1 atom stereocenters.